The predicted molar refractivity (Wildman–Crippen MR) is 57.7 cm³/mol. The molecule has 1 atom stereocenters. The maximum atomic E-state index is 10.4. The fourth-order valence-electron chi connectivity index (χ4n) is 1.13. The van der Waals surface area contributed by atoms with E-state index in [9.17, 15) is 15.2 Å². The summed E-state index contributed by atoms with van der Waals surface area (Å²) in [4.78, 5) is 9.89. The third-order valence-electron chi connectivity index (χ3n) is 1.94. The van der Waals surface area contributed by atoms with Crippen molar-refractivity contribution in [3.63, 3.8) is 0 Å². The molecule has 1 rings (SSSR count). The Labute approximate surface area is 92.0 Å². The molecule has 0 saturated carbocycles. The first-order valence-electron chi connectivity index (χ1n) is 4.33. The van der Waals surface area contributed by atoms with Crippen LogP contribution in [-0.4, -0.2) is 10.0 Å². The molecule has 0 aliphatic heterocycles. The number of hydrogen-bond donors (Lipinski definition) is 1. The van der Waals surface area contributed by atoms with Crippen LogP contribution in [0.25, 0.3) is 0 Å². The Morgan fingerprint density at radius 3 is 2.53 bits per heavy atom. The van der Waals surface area contributed by atoms with Crippen LogP contribution in [0.1, 0.15) is 18.1 Å². The molecule has 0 saturated heterocycles. The number of rotatable bonds is 4. The Bertz CT molecular complexity index is 361. The topological polar surface area (TPSA) is 63.4 Å². The average molecular weight is 228 g/mol. The maximum Gasteiger partial charge on any atom is 0.269 e. The summed E-state index contributed by atoms with van der Waals surface area (Å²) in [5.74, 6) is 0. The van der Waals surface area contributed by atoms with Crippen LogP contribution >= 0.6 is 11.6 Å². The van der Waals surface area contributed by atoms with Gasteiger partial charge in [0, 0.05) is 17.7 Å². The molecule has 1 aromatic rings. The van der Waals surface area contributed by atoms with Crippen molar-refractivity contribution in [2.45, 2.75) is 12.5 Å². The van der Waals surface area contributed by atoms with Gasteiger partial charge in [-0.1, -0.05) is 17.7 Å². The van der Waals surface area contributed by atoms with Crippen molar-refractivity contribution in [1.29, 1.82) is 0 Å². The summed E-state index contributed by atoms with van der Waals surface area (Å²) in [7, 11) is 0. The summed E-state index contributed by atoms with van der Waals surface area (Å²) < 4.78 is 0. The fraction of sp³-hybridized carbons (Fsp3) is 0.200. The van der Waals surface area contributed by atoms with E-state index in [-0.39, 0.29) is 5.69 Å². The Balaban J connectivity index is 2.75. The molecule has 0 fully saturated rings. The van der Waals surface area contributed by atoms with Gasteiger partial charge in [0.15, 0.2) is 0 Å². The normalized spacial score (nSPS) is 12.9. The maximum absolute atomic E-state index is 10.4. The molecule has 0 bridgehead atoms. The first kappa shape index (κ1) is 11.7. The third kappa shape index (κ3) is 3.34. The van der Waals surface area contributed by atoms with Crippen LogP contribution in [0.15, 0.2) is 35.9 Å². The molecule has 0 aliphatic carbocycles. The van der Waals surface area contributed by atoms with Gasteiger partial charge < -0.3 is 5.11 Å². The number of aliphatic hydroxyl groups excluding tert-OH is 1. The van der Waals surface area contributed by atoms with E-state index in [0.29, 0.717) is 12.0 Å². The van der Waals surface area contributed by atoms with Gasteiger partial charge in [-0.3, -0.25) is 10.1 Å². The van der Waals surface area contributed by atoms with E-state index >= 15 is 0 Å². The van der Waals surface area contributed by atoms with Gasteiger partial charge in [-0.2, -0.15) is 0 Å². The molecule has 0 unspecified atom stereocenters. The summed E-state index contributed by atoms with van der Waals surface area (Å²) in [5.41, 5.74) is 1.98. The number of nitro benzene ring substituents is 1. The number of halogens is 1. The van der Waals surface area contributed by atoms with Gasteiger partial charge >= 0.3 is 0 Å². The van der Waals surface area contributed by atoms with E-state index in [1.807, 2.05) is 0 Å². The van der Waals surface area contributed by atoms with Gasteiger partial charge in [0.05, 0.1) is 11.0 Å². The second kappa shape index (κ2) is 5.48. The van der Waals surface area contributed by atoms with E-state index in [0.717, 1.165) is 0 Å². The number of non-ortho nitro benzene ring substituents is 1. The predicted octanol–water partition coefficient (Wildman–Crippen LogP) is 2.77. The van der Waals surface area contributed by atoms with E-state index in [1.165, 1.54) is 29.8 Å². The van der Waals surface area contributed by atoms with Crippen LogP contribution in [-0.2, 0) is 0 Å². The third-order valence-corrected chi connectivity index (χ3v) is 2.12. The molecule has 0 aromatic heterocycles. The van der Waals surface area contributed by atoms with E-state index in [1.54, 1.807) is 6.08 Å². The fourth-order valence-corrected chi connectivity index (χ4v) is 1.24. The Hall–Kier alpha value is -1.39. The summed E-state index contributed by atoms with van der Waals surface area (Å²) >= 11 is 5.32. The largest absolute Gasteiger partial charge is 0.388 e. The summed E-state index contributed by atoms with van der Waals surface area (Å²) in [5, 5.41) is 20.0. The highest BCUT2D eigenvalue weighted by molar-refractivity contribution is 6.25. The van der Waals surface area contributed by atoms with Crippen LogP contribution < -0.4 is 0 Å². The second-order valence-electron chi connectivity index (χ2n) is 2.96. The minimum atomic E-state index is -0.680. The lowest BCUT2D eigenvalue weighted by molar-refractivity contribution is -0.384. The monoisotopic (exact) mass is 227 g/mol. The quantitative estimate of drug-likeness (QED) is 0.635. The van der Waals surface area contributed by atoms with Crippen molar-refractivity contribution in [3.05, 3.63) is 51.6 Å². The lowest BCUT2D eigenvalue weighted by atomic mass is 10.1. The van der Waals surface area contributed by atoms with Gasteiger partial charge in [0.1, 0.15) is 0 Å². The Morgan fingerprint density at radius 2 is 2.07 bits per heavy atom. The molecule has 1 aromatic carbocycles. The highest BCUT2D eigenvalue weighted by Crippen LogP contribution is 2.20. The zero-order valence-electron chi connectivity index (χ0n) is 7.84. The highest BCUT2D eigenvalue weighted by atomic mass is 35.5. The number of aliphatic hydroxyl groups is 1. The molecule has 15 heavy (non-hydrogen) atoms. The van der Waals surface area contributed by atoms with Crippen molar-refractivity contribution < 1.29 is 10.0 Å². The van der Waals surface area contributed by atoms with Gasteiger partial charge in [0.2, 0.25) is 0 Å². The number of nitro groups is 1. The second-order valence-corrected chi connectivity index (χ2v) is 3.21. The molecule has 0 amide bonds. The molecule has 0 spiro atoms. The molecule has 0 radical (unpaired) electrons. The Kier molecular flexibility index (Phi) is 4.27. The van der Waals surface area contributed by atoms with Crippen molar-refractivity contribution in [3.8, 4) is 0 Å². The van der Waals surface area contributed by atoms with Gasteiger partial charge in [-0.25, -0.2) is 0 Å². The molecule has 80 valence electrons. The SMILES string of the molecule is O=[N+]([O-])c1ccc([C@@H](O)C/C=C\Cl)cc1. The van der Waals surface area contributed by atoms with E-state index < -0.39 is 11.0 Å². The van der Waals surface area contributed by atoms with Crippen LogP contribution in [0.2, 0.25) is 0 Å². The van der Waals surface area contributed by atoms with E-state index in [4.69, 9.17) is 11.6 Å². The van der Waals surface area contributed by atoms with Crippen LogP contribution in [0.4, 0.5) is 5.69 Å². The minimum absolute atomic E-state index is 0.0128. The molecule has 1 N–H and O–H groups in total. The van der Waals surface area contributed by atoms with Crippen molar-refractivity contribution in [2.75, 3.05) is 0 Å². The summed E-state index contributed by atoms with van der Waals surface area (Å²) in [6.07, 6.45) is 1.33. The van der Waals surface area contributed by atoms with Gasteiger partial charge in [0.25, 0.3) is 5.69 Å². The first-order chi connectivity index (χ1) is 7.15. The van der Waals surface area contributed by atoms with E-state index in [2.05, 4.69) is 0 Å². The molecule has 5 heteroatoms. The molecule has 0 aliphatic rings. The molecular formula is C10H10ClNO3. The van der Waals surface area contributed by atoms with Gasteiger partial charge in [-0.05, 0) is 24.1 Å². The standard InChI is InChI=1S/C10H10ClNO3/c11-7-1-2-10(13)8-3-5-9(6-4-8)12(14)15/h1,3-7,10,13H,2H2/b7-1-/t10-/m0/s1. The number of hydrogen-bond acceptors (Lipinski definition) is 3. The van der Waals surface area contributed by atoms with Crippen molar-refractivity contribution >= 4 is 17.3 Å². The van der Waals surface area contributed by atoms with Crippen LogP contribution in [0.3, 0.4) is 0 Å². The summed E-state index contributed by atoms with van der Waals surface area (Å²) in [6, 6.07) is 5.79. The molecular weight excluding hydrogens is 218 g/mol. The highest BCUT2D eigenvalue weighted by Gasteiger charge is 2.08. The first-order valence-corrected chi connectivity index (χ1v) is 4.76. The molecule has 0 heterocycles. The molecule has 4 nitrogen and oxygen atoms in total. The van der Waals surface area contributed by atoms with Crippen LogP contribution in [0, 0.1) is 10.1 Å². The zero-order chi connectivity index (χ0) is 11.3. The lowest BCUT2D eigenvalue weighted by Gasteiger charge is -2.07. The minimum Gasteiger partial charge on any atom is -0.388 e. The number of benzene rings is 1. The summed E-state index contributed by atoms with van der Waals surface area (Å²) in [6.45, 7) is 0. The van der Waals surface area contributed by atoms with Crippen molar-refractivity contribution in [1.82, 2.24) is 0 Å². The number of nitrogens with zero attached hydrogens (tertiary/aromatic N) is 1. The average Bonchev–Trinajstić information content (AvgIpc) is 2.26. The Morgan fingerprint density at radius 1 is 1.47 bits per heavy atom. The zero-order valence-corrected chi connectivity index (χ0v) is 8.59. The van der Waals surface area contributed by atoms with Gasteiger partial charge in [-0.15, -0.1) is 0 Å². The van der Waals surface area contributed by atoms with Crippen LogP contribution in [0.5, 0.6) is 0 Å². The van der Waals surface area contributed by atoms with Crippen molar-refractivity contribution in [2.24, 2.45) is 0 Å². The lowest BCUT2D eigenvalue weighted by Crippen LogP contribution is -1.96. The smallest absolute Gasteiger partial charge is 0.269 e.